The Labute approximate surface area is 117 Å². The summed E-state index contributed by atoms with van der Waals surface area (Å²) in [6.45, 7) is 6.77. The molecule has 0 aromatic rings. The molecular weight excluding hydrogens is 266 g/mol. The molecule has 0 spiro atoms. The Morgan fingerprint density at radius 2 is 1.60 bits per heavy atom. The lowest BCUT2D eigenvalue weighted by molar-refractivity contribution is -0.139. The quantitative estimate of drug-likeness (QED) is 0.356. The average molecular weight is 285 g/mol. The van der Waals surface area contributed by atoms with Crippen LogP contribution < -0.4 is 5.32 Å². The van der Waals surface area contributed by atoms with Crippen LogP contribution in [0.3, 0.4) is 0 Å². The third-order valence-corrected chi connectivity index (χ3v) is 2.31. The maximum absolute atomic E-state index is 10.8. The maximum atomic E-state index is 10.8. The largest absolute Gasteiger partial charge is 0.465 e. The van der Waals surface area contributed by atoms with Crippen LogP contribution in [-0.2, 0) is 19.1 Å². The van der Waals surface area contributed by atoms with Gasteiger partial charge in [-0.1, -0.05) is 13.2 Å². The number of nitrogens with one attached hydrogen (secondary N) is 1. The van der Waals surface area contributed by atoms with Crippen LogP contribution in [0.1, 0.15) is 19.3 Å². The zero-order valence-corrected chi connectivity index (χ0v) is 11.2. The van der Waals surface area contributed by atoms with Crippen LogP contribution in [0.5, 0.6) is 0 Å². The van der Waals surface area contributed by atoms with Crippen LogP contribution in [0.2, 0.25) is 0 Å². The molecule has 0 aliphatic rings. The molecule has 1 unspecified atom stereocenters. The van der Waals surface area contributed by atoms with E-state index in [1.807, 2.05) is 0 Å². The number of hydrogen-bond acceptors (Lipinski definition) is 5. The SMILES string of the molecule is C=CC(=O)OCCCC(CCOC(=O)C=C)NC(=O)O. The second-order valence-electron chi connectivity index (χ2n) is 3.82. The zero-order chi connectivity index (χ0) is 15.4. The number of esters is 2. The molecule has 0 radical (unpaired) electrons. The summed E-state index contributed by atoms with van der Waals surface area (Å²) in [5, 5.41) is 11.0. The number of carboxylic acid groups (broad SMARTS) is 1. The Morgan fingerprint density at radius 1 is 1.05 bits per heavy atom. The summed E-state index contributed by atoms with van der Waals surface area (Å²) in [5.41, 5.74) is 0. The fourth-order valence-electron chi connectivity index (χ4n) is 1.39. The highest BCUT2D eigenvalue weighted by Crippen LogP contribution is 2.04. The molecule has 0 saturated carbocycles. The molecular formula is C13H19NO6. The summed E-state index contributed by atoms with van der Waals surface area (Å²) in [6.07, 6.45) is 2.22. The summed E-state index contributed by atoms with van der Waals surface area (Å²) in [5.74, 6) is -1.08. The lowest BCUT2D eigenvalue weighted by atomic mass is 10.1. The van der Waals surface area contributed by atoms with Gasteiger partial charge < -0.3 is 19.9 Å². The first-order valence-corrected chi connectivity index (χ1v) is 6.07. The van der Waals surface area contributed by atoms with Gasteiger partial charge in [0.25, 0.3) is 0 Å². The Bertz CT molecular complexity index is 366. The summed E-state index contributed by atoms with van der Waals surface area (Å²) in [7, 11) is 0. The van der Waals surface area contributed by atoms with Crippen molar-refractivity contribution in [3.05, 3.63) is 25.3 Å². The highest BCUT2D eigenvalue weighted by molar-refractivity contribution is 5.81. The Hall–Kier alpha value is -2.31. The van der Waals surface area contributed by atoms with Crippen molar-refractivity contribution in [1.82, 2.24) is 5.32 Å². The van der Waals surface area contributed by atoms with E-state index < -0.39 is 18.0 Å². The van der Waals surface area contributed by atoms with Gasteiger partial charge in [0, 0.05) is 24.6 Å². The van der Waals surface area contributed by atoms with Crippen molar-refractivity contribution in [2.45, 2.75) is 25.3 Å². The molecule has 0 aliphatic carbocycles. The highest BCUT2D eigenvalue weighted by atomic mass is 16.5. The van der Waals surface area contributed by atoms with E-state index in [9.17, 15) is 14.4 Å². The van der Waals surface area contributed by atoms with E-state index in [2.05, 4.69) is 18.5 Å². The minimum atomic E-state index is -1.16. The number of ether oxygens (including phenoxy) is 2. The van der Waals surface area contributed by atoms with E-state index in [0.717, 1.165) is 12.2 Å². The molecule has 1 atom stereocenters. The smallest absolute Gasteiger partial charge is 0.404 e. The zero-order valence-electron chi connectivity index (χ0n) is 11.2. The molecule has 7 heteroatoms. The molecule has 7 nitrogen and oxygen atoms in total. The van der Waals surface area contributed by atoms with E-state index in [1.54, 1.807) is 0 Å². The van der Waals surface area contributed by atoms with Gasteiger partial charge in [0.15, 0.2) is 0 Å². The fourth-order valence-corrected chi connectivity index (χ4v) is 1.39. The van der Waals surface area contributed by atoms with E-state index in [-0.39, 0.29) is 19.3 Å². The van der Waals surface area contributed by atoms with Crippen molar-refractivity contribution in [3.8, 4) is 0 Å². The first-order valence-electron chi connectivity index (χ1n) is 6.07. The van der Waals surface area contributed by atoms with E-state index in [1.165, 1.54) is 0 Å². The molecule has 0 aromatic carbocycles. The monoisotopic (exact) mass is 285 g/mol. The minimum absolute atomic E-state index is 0.0856. The van der Waals surface area contributed by atoms with Gasteiger partial charge in [-0.3, -0.25) is 0 Å². The lowest BCUT2D eigenvalue weighted by Crippen LogP contribution is -2.35. The molecule has 0 rings (SSSR count). The van der Waals surface area contributed by atoms with Gasteiger partial charge in [-0.05, 0) is 12.8 Å². The fraction of sp³-hybridized carbons (Fsp3) is 0.462. The van der Waals surface area contributed by atoms with Gasteiger partial charge in [0.1, 0.15) is 0 Å². The molecule has 2 N–H and O–H groups in total. The standard InChI is InChI=1S/C13H19NO6/c1-3-11(15)19-8-5-6-10(14-13(17)18)7-9-20-12(16)4-2/h3-4,10,14H,1-2,5-9H2,(H,17,18). The van der Waals surface area contributed by atoms with Crippen molar-refractivity contribution >= 4 is 18.0 Å². The summed E-state index contributed by atoms with van der Waals surface area (Å²) >= 11 is 0. The van der Waals surface area contributed by atoms with Gasteiger partial charge in [0.2, 0.25) is 0 Å². The highest BCUT2D eigenvalue weighted by Gasteiger charge is 2.12. The molecule has 0 bridgehead atoms. The third kappa shape index (κ3) is 9.69. The predicted octanol–water partition coefficient (Wildman–Crippen LogP) is 1.25. The van der Waals surface area contributed by atoms with Crippen LogP contribution in [0.15, 0.2) is 25.3 Å². The van der Waals surface area contributed by atoms with Crippen LogP contribution in [0.4, 0.5) is 4.79 Å². The van der Waals surface area contributed by atoms with Gasteiger partial charge >= 0.3 is 18.0 Å². The normalized spacial score (nSPS) is 11.0. The summed E-state index contributed by atoms with van der Waals surface area (Å²) < 4.78 is 9.55. The Balaban J connectivity index is 3.98. The van der Waals surface area contributed by atoms with E-state index in [0.29, 0.717) is 19.3 Å². The van der Waals surface area contributed by atoms with Crippen LogP contribution in [0.25, 0.3) is 0 Å². The summed E-state index contributed by atoms with van der Waals surface area (Å²) in [6, 6.07) is -0.382. The molecule has 0 heterocycles. The van der Waals surface area contributed by atoms with Crippen LogP contribution in [-0.4, -0.2) is 42.4 Å². The first kappa shape index (κ1) is 17.7. The number of carbonyl (C=O) groups excluding carboxylic acids is 2. The molecule has 1 amide bonds. The van der Waals surface area contributed by atoms with Gasteiger partial charge in [0.05, 0.1) is 13.2 Å². The second-order valence-corrected chi connectivity index (χ2v) is 3.82. The van der Waals surface area contributed by atoms with Crippen molar-refractivity contribution < 1.29 is 29.0 Å². The average Bonchev–Trinajstić information content (AvgIpc) is 2.41. The van der Waals surface area contributed by atoms with Crippen LogP contribution in [0, 0.1) is 0 Å². The number of rotatable bonds is 10. The number of hydrogen-bond donors (Lipinski definition) is 2. The lowest BCUT2D eigenvalue weighted by Gasteiger charge is -2.16. The van der Waals surface area contributed by atoms with Crippen molar-refractivity contribution in [2.24, 2.45) is 0 Å². The molecule has 20 heavy (non-hydrogen) atoms. The van der Waals surface area contributed by atoms with Gasteiger partial charge in [-0.15, -0.1) is 0 Å². The third-order valence-electron chi connectivity index (χ3n) is 2.31. The maximum Gasteiger partial charge on any atom is 0.404 e. The molecule has 112 valence electrons. The topological polar surface area (TPSA) is 102 Å². The van der Waals surface area contributed by atoms with Crippen molar-refractivity contribution in [2.75, 3.05) is 13.2 Å². The van der Waals surface area contributed by atoms with Crippen LogP contribution >= 0.6 is 0 Å². The summed E-state index contributed by atoms with van der Waals surface area (Å²) in [4.78, 5) is 32.3. The first-order chi connectivity index (χ1) is 9.49. The molecule has 0 saturated heterocycles. The van der Waals surface area contributed by atoms with E-state index in [4.69, 9.17) is 14.6 Å². The van der Waals surface area contributed by atoms with Gasteiger partial charge in [-0.2, -0.15) is 0 Å². The molecule has 0 fully saturated rings. The molecule has 0 aliphatic heterocycles. The predicted molar refractivity (Wildman–Crippen MR) is 71.1 cm³/mol. The van der Waals surface area contributed by atoms with Crippen molar-refractivity contribution in [1.29, 1.82) is 0 Å². The van der Waals surface area contributed by atoms with Gasteiger partial charge in [-0.25, -0.2) is 14.4 Å². The Morgan fingerprint density at radius 3 is 2.10 bits per heavy atom. The minimum Gasteiger partial charge on any atom is -0.465 e. The van der Waals surface area contributed by atoms with Crippen molar-refractivity contribution in [3.63, 3.8) is 0 Å². The Kier molecular flexibility index (Phi) is 9.37. The number of amides is 1. The number of carbonyl (C=O) groups is 3. The second kappa shape index (κ2) is 10.6. The van der Waals surface area contributed by atoms with E-state index >= 15 is 0 Å². The molecule has 0 aromatic heterocycles.